The number of carbonyl (C=O) groups excluding carboxylic acids is 1. The van der Waals surface area contributed by atoms with Crippen LogP contribution in [0, 0.1) is 0 Å². The van der Waals surface area contributed by atoms with Gasteiger partial charge in [0.05, 0.1) is 17.8 Å². The molecule has 1 aliphatic carbocycles. The molecule has 2 rings (SSSR count). The van der Waals surface area contributed by atoms with Gasteiger partial charge in [-0.15, -0.1) is 0 Å². The Morgan fingerprint density at radius 2 is 1.95 bits per heavy atom. The Morgan fingerprint density at radius 1 is 1.26 bits per heavy atom. The number of ether oxygens (including phenoxy) is 1. The second kappa shape index (κ2) is 5.99. The van der Waals surface area contributed by atoms with E-state index < -0.39 is 24.3 Å². The maximum atomic E-state index is 12.0. The first kappa shape index (κ1) is 13.8. The zero-order valence-corrected chi connectivity index (χ0v) is 10.8. The fraction of sp³-hybridized carbons (Fsp3) is 0.400. The first-order valence-corrected chi connectivity index (χ1v) is 6.39. The van der Waals surface area contributed by atoms with Gasteiger partial charge in [0.25, 0.3) is 0 Å². The van der Waals surface area contributed by atoms with E-state index in [1.54, 1.807) is 24.3 Å². The van der Waals surface area contributed by atoms with Crippen LogP contribution < -0.4 is 0 Å². The van der Waals surface area contributed by atoms with Crippen molar-refractivity contribution >= 4 is 5.97 Å². The molecular weight excluding hydrogens is 244 g/mol. The lowest BCUT2D eigenvalue weighted by Gasteiger charge is -2.32. The molecule has 1 aromatic rings. The van der Waals surface area contributed by atoms with Gasteiger partial charge in [-0.3, -0.25) is 0 Å². The number of esters is 1. The third-order valence-electron chi connectivity index (χ3n) is 3.39. The van der Waals surface area contributed by atoms with E-state index in [9.17, 15) is 15.0 Å². The van der Waals surface area contributed by atoms with Crippen molar-refractivity contribution in [2.24, 2.45) is 0 Å². The van der Waals surface area contributed by atoms with Gasteiger partial charge >= 0.3 is 5.97 Å². The monoisotopic (exact) mass is 262 g/mol. The molecule has 0 aliphatic heterocycles. The molecule has 0 heterocycles. The highest BCUT2D eigenvalue weighted by Gasteiger charge is 2.33. The van der Waals surface area contributed by atoms with Crippen LogP contribution in [0.15, 0.2) is 42.0 Å². The maximum absolute atomic E-state index is 12.0. The minimum atomic E-state index is -0.850. The molecule has 102 valence electrons. The van der Waals surface area contributed by atoms with Crippen LogP contribution >= 0.6 is 0 Å². The second-order valence-electron chi connectivity index (χ2n) is 4.70. The molecule has 0 unspecified atom stereocenters. The zero-order valence-electron chi connectivity index (χ0n) is 10.8. The quantitative estimate of drug-likeness (QED) is 0.628. The number of hydrogen-bond acceptors (Lipinski definition) is 4. The van der Waals surface area contributed by atoms with E-state index in [-0.39, 0.29) is 6.42 Å². The van der Waals surface area contributed by atoms with Crippen molar-refractivity contribution in [1.29, 1.82) is 0 Å². The molecule has 19 heavy (non-hydrogen) atoms. The molecule has 0 radical (unpaired) electrons. The predicted molar refractivity (Wildman–Crippen MR) is 70.7 cm³/mol. The fourth-order valence-corrected chi connectivity index (χ4v) is 2.24. The van der Waals surface area contributed by atoms with Crippen LogP contribution in [0.4, 0.5) is 0 Å². The molecule has 0 spiro atoms. The van der Waals surface area contributed by atoms with Crippen molar-refractivity contribution < 1.29 is 19.7 Å². The van der Waals surface area contributed by atoms with E-state index in [4.69, 9.17) is 4.74 Å². The molecule has 1 aromatic carbocycles. The number of carbonyl (C=O) groups is 1. The molecule has 1 saturated carbocycles. The Balaban J connectivity index is 2.07. The summed E-state index contributed by atoms with van der Waals surface area (Å²) < 4.78 is 5.42. The van der Waals surface area contributed by atoms with Crippen LogP contribution in [0.5, 0.6) is 0 Å². The SMILES string of the molecule is C/C=C1\C[C@H](O)[C@H](O)C[C@@H]1OC(=O)c1ccccc1. The molecule has 1 fully saturated rings. The summed E-state index contributed by atoms with van der Waals surface area (Å²) in [5, 5.41) is 19.3. The Labute approximate surface area is 112 Å². The van der Waals surface area contributed by atoms with Crippen LogP contribution in [0.2, 0.25) is 0 Å². The minimum Gasteiger partial charge on any atom is -0.454 e. The van der Waals surface area contributed by atoms with Gasteiger partial charge in [0.2, 0.25) is 0 Å². The number of aliphatic hydroxyl groups excluding tert-OH is 2. The molecule has 1 aliphatic rings. The summed E-state index contributed by atoms with van der Waals surface area (Å²) in [5.41, 5.74) is 1.33. The number of hydrogen-bond donors (Lipinski definition) is 2. The zero-order chi connectivity index (χ0) is 13.8. The molecule has 4 nitrogen and oxygen atoms in total. The Bertz CT molecular complexity index is 466. The molecule has 2 N–H and O–H groups in total. The van der Waals surface area contributed by atoms with Crippen LogP contribution in [-0.2, 0) is 4.74 Å². The van der Waals surface area contributed by atoms with Gasteiger partial charge in [0.15, 0.2) is 0 Å². The predicted octanol–water partition coefficient (Wildman–Crippen LogP) is 1.67. The van der Waals surface area contributed by atoms with Crippen LogP contribution in [-0.4, -0.2) is 34.5 Å². The third-order valence-corrected chi connectivity index (χ3v) is 3.39. The van der Waals surface area contributed by atoms with Gasteiger partial charge in [-0.1, -0.05) is 24.3 Å². The van der Waals surface area contributed by atoms with Crippen LogP contribution in [0.1, 0.15) is 30.1 Å². The van der Waals surface area contributed by atoms with Gasteiger partial charge < -0.3 is 14.9 Å². The van der Waals surface area contributed by atoms with E-state index >= 15 is 0 Å². The summed E-state index contributed by atoms with van der Waals surface area (Å²) in [4.78, 5) is 12.0. The summed E-state index contributed by atoms with van der Waals surface area (Å²) in [6.45, 7) is 1.84. The summed E-state index contributed by atoms with van der Waals surface area (Å²) >= 11 is 0. The molecule has 0 aromatic heterocycles. The number of allylic oxidation sites excluding steroid dienone is 1. The smallest absolute Gasteiger partial charge is 0.338 e. The number of aliphatic hydroxyl groups is 2. The average Bonchev–Trinajstić information content (AvgIpc) is 2.43. The van der Waals surface area contributed by atoms with Gasteiger partial charge in [-0.25, -0.2) is 4.79 Å². The number of benzene rings is 1. The van der Waals surface area contributed by atoms with E-state index in [1.807, 2.05) is 19.1 Å². The Hall–Kier alpha value is -1.65. The van der Waals surface area contributed by atoms with Crippen molar-refractivity contribution in [1.82, 2.24) is 0 Å². The van der Waals surface area contributed by atoms with Crippen molar-refractivity contribution in [3.8, 4) is 0 Å². The second-order valence-corrected chi connectivity index (χ2v) is 4.70. The van der Waals surface area contributed by atoms with E-state index in [1.165, 1.54) is 0 Å². The van der Waals surface area contributed by atoms with E-state index in [2.05, 4.69) is 0 Å². The molecule has 4 heteroatoms. The van der Waals surface area contributed by atoms with Crippen molar-refractivity contribution in [3.63, 3.8) is 0 Å². The Morgan fingerprint density at radius 3 is 2.58 bits per heavy atom. The molecule has 3 atom stereocenters. The normalized spacial score (nSPS) is 29.2. The first-order chi connectivity index (χ1) is 9.11. The fourth-order valence-electron chi connectivity index (χ4n) is 2.24. The molecular formula is C15H18O4. The van der Waals surface area contributed by atoms with Crippen molar-refractivity contribution in [2.45, 2.75) is 38.1 Å². The maximum Gasteiger partial charge on any atom is 0.338 e. The third kappa shape index (κ3) is 3.22. The lowest BCUT2D eigenvalue weighted by Crippen LogP contribution is -2.39. The highest BCUT2D eigenvalue weighted by molar-refractivity contribution is 5.89. The van der Waals surface area contributed by atoms with Gasteiger partial charge in [-0.2, -0.15) is 0 Å². The van der Waals surface area contributed by atoms with Gasteiger partial charge in [0, 0.05) is 12.8 Å². The van der Waals surface area contributed by atoms with Gasteiger partial charge in [-0.05, 0) is 24.6 Å². The highest BCUT2D eigenvalue weighted by atomic mass is 16.5. The lowest BCUT2D eigenvalue weighted by atomic mass is 9.87. The summed E-state index contributed by atoms with van der Waals surface area (Å²) in [6, 6.07) is 8.74. The Kier molecular flexibility index (Phi) is 4.35. The van der Waals surface area contributed by atoms with Crippen LogP contribution in [0.3, 0.4) is 0 Å². The topological polar surface area (TPSA) is 66.8 Å². The molecule has 0 bridgehead atoms. The summed E-state index contributed by atoms with van der Waals surface area (Å²) in [7, 11) is 0. The molecule has 0 amide bonds. The summed E-state index contributed by atoms with van der Waals surface area (Å²) in [6.07, 6.45) is 0.313. The van der Waals surface area contributed by atoms with E-state index in [0.717, 1.165) is 5.57 Å². The largest absolute Gasteiger partial charge is 0.454 e. The van der Waals surface area contributed by atoms with Crippen LogP contribution in [0.25, 0.3) is 0 Å². The van der Waals surface area contributed by atoms with Gasteiger partial charge in [0.1, 0.15) is 6.10 Å². The molecule has 0 saturated heterocycles. The minimum absolute atomic E-state index is 0.236. The average molecular weight is 262 g/mol. The van der Waals surface area contributed by atoms with Crippen molar-refractivity contribution in [3.05, 3.63) is 47.5 Å². The summed E-state index contributed by atoms with van der Waals surface area (Å²) in [5.74, 6) is -0.409. The highest BCUT2D eigenvalue weighted by Crippen LogP contribution is 2.27. The number of rotatable bonds is 2. The first-order valence-electron chi connectivity index (χ1n) is 6.39. The standard InChI is InChI=1S/C15H18O4/c1-2-10-8-12(16)13(17)9-14(10)19-15(18)11-6-4-3-5-7-11/h2-7,12-14,16-17H,8-9H2,1H3/b10-2+/t12-,13+,14-/m0/s1. The van der Waals surface area contributed by atoms with E-state index in [0.29, 0.717) is 12.0 Å². The lowest BCUT2D eigenvalue weighted by molar-refractivity contribution is -0.0370. The van der Waals surface area contributed by atoms with Crippen molar-refractivity contribution in [2.75, 3.05) is 0 Å².